The van der Waals surface area contributed by atoms with Gasteiger partial charge in [0.15, 0.2) is 0 Å². The number of amides is 4. The van der Waals surface area contributed by atoms with Crippen LogP contribution in [0.15, 0.2) is 30.3 Å². The van der Waals surface area contributed by atoms with E-state index in [9.17, 15) is 33.9 Å². The van der Waals surface area contributed by atoms with E-state index in [1.165, 1.54) is 11.8 Å². The van der Waals surface area contributed by atoms with E-state index in [1.807, 2.05) is 39.0 Å². The monoisotopic (exact) mass is 618 g/mol. The summed E-state index contributed by atoms with van der Waals surface area (Å²) in [6.07, 6.45) is 0.0697. The van der Waals surface area contributed by atoms with Gasteiger partial charge in [-0.3, -0.25) is 19.2 Å². The summed E-state index contributed by atoms with van der Waals surface area (Å²) in [5, 5.41) is 17.3. The highest BCUT2D eigenvalue weighted by molar-refractivity contribution is 5.95. The maximum Gasteiger partial charge on any atom is 0.408 e. The zero-order valence-electron chi connectivity index (χ0n) is 27.2. The molecule has 1 rings (SSSR count). The number of nitrogens with zero attached hydrogens (tertiary/aromatic N) is 1. The number of carbonyl (C=O) groups excluding carboxylic acids is 5. The number of rotatable bonds is 17. The van der Waals surface area contributed by atoms with Crippen LogP contribution in [0, 0.1) is 11.8 Å². The molecule has 0 heterocycles. The molecule has 0 fully saturated rings. The summed E-state index contributed by atoms with van der Waals surface area (Å²) in [7, 11) is 0. The molecule has 12 heteroatoms. The zero-order valence-corrected chi connectivity index (χ0v) is 27.2. The molecule has 5 atom stereocenters. The maximum absolute atomic E-state index is 14.2. The maximum atomic E-state index is 14.2. The van der Waals surface area contributed by atoms with Crippen LogP contribution in [0.1, 0.15) is 86.6 Å². The average Bonchev–Trinajstić information content (AvgIpc) is 2.95. The Morgan fingerprint density at radius 3 is 2.07 bits per heavy atom. The molecule has 0 spiro atoms. The van der Waals surface area contributed by atoms with Crippen molar-refractivity contribution in [3.8, 4) is 0 Å². The highest BCUT2D eigenvalue weighted by Crippen LogP contribution is 2.25. The molecule has 0 unspecified atom stereocenters. The third-order valence-corrected chi connectivity index (χ3v) is 7.14. The number of hydrogen-bond donors (Lipinski definition) is 4. The van der Waals surface area contributed by atoms with Gasteiger partial charge in [0.1, 0.15) is 31.0 Å². The van der Waals surface area contributed by atoms with E-state index in [4.69, 9.17) is 4.74 Å². The molecule has 4 amide bonds. The lowest BCUT2D eigenvalue weighted by Crippen LogP contribution is -2.64. The molecule has 0 aromatic heterocycles. The van der Waals surface area contributed by atoms with Crippen LogP contribution in [0.3, 0.4) is 0 Å². The smallest absolute Gasteiger partial charge is 0.408 e. The molecule has 44 heavy (non-hydrogen) atoms. The van der Waals surface area contributed by atoms with E-state index >= 15 is 0 Å². The summed E-state index contributed by atoms with van der Waals surface area (Å²) in [5.74, 6) is -3.32. The molecular formula is C32H50N4O8. The molecule has 0 saturated carbocycles. The lowest BCUT2D eigenvalue weighted by Gasteiger charge is -2.43. The second kappa shape index (κ2) is 18.0. The van der Waals surface area contributed by atoms with E-state index in [2.05, 4.69) is 16.0 Å². The van der Waals surface area contributed by atoms with E-state index in [-0.39, 0.29) is 24.9 Å². The van der Waals surface area contributed by atoms with Crippen molar-refractivity contribution >= 4 is 36.1 Å². The van der Waals surface area contributed by atoms with Crippen LogP contribution >= 0.6 is 0 Å². The van der Waals surface area contributed by atoms with Gasteiger partial charge in [-0.1, -0.05) is 64.4 Å². The highest BCUT2D eigenvalue weighted by Gasteiger charge is 2.42. The number of benzene rings is 1. The summed E-state index contributed by atoms with van der Waals surface area (Å²) < 4.78 is 5.35. The summed E-state index contributed by atoms with van der Waals surface area (Å²) in [6, 6.07) is 4.84. The average molecular weight is 619 g/mol. The number of hydrogen-bond acceptors (Lipinski definition) is 7. The summed E-state index contributed by atoms with van der Waals surface area (Å²) in [6.45, 7) is 14.0. The van der Waals surface area contributed by atoms with Gasteiger partial charge in [0, 0.05) is 12.0 Å². The minimum Gasteiger partial charge on any atom is -0.481 e. The largest absolute Gasteiger partial charge is 0.481 e. The van der Waals surface area contributed by atoms with E-state index in [0.717, 1.165) is 5.56 Å². The minimum atomic E-state index is -1.29. The van der Waals surface area contributed by atoms with Crippen LogP contribution in [0.2, 0.25) is 0 Å². The number of carboxylic acid groups (broad SMARTS) is 1. The van der Waals surface area contributed by atoms with Gasteiger partial charge < -0.3 is 35.5 Å². The van der Waals surface area contributed by atoms with Gasteiger partial charge in [-0.2, -0.15) is 0 Å². The predicted molar refractivity (Wildman–Crippen MR) is 165 cm³/mol. The molecule has 12 nitrogen and oxygen atoms in total. The topological polar surface area (TPSA) is 171 Å². The number of aldehydes is 1. The number of carbonyl (C=O) groups is 6. The molecular weight excluding hydrogens is 568 g/mol. The van der Waals surface area contributed by atoms with Gasteiger partial charge in [-0.15, -0.1) is 0 Å². The number of alkyl carbamates (subject to hydrolysis) is 1. The van der Waals surface area contributed by atoms with Crippen molar-refractivity contribution in [3.63, 3.8) is 0 Å². The van der Waals surface area contributed by atoms with Crippen molar-refractivity contribution in [1.82, 2.24) is 20.9 Å². The van der Waals surface area contributed by atoms with Crippen LogP contribution < -0.4 is 16.0 Å². The summed E-state index contributed by atoms with van der Waals surface area (Å²) >= 11 is 0. The van der Waals surface area contributed by atoms with Gasteiger partial charge in [-0.05, 0) is 57.9 Å². The Labute approximate surface area is 260 Å². The van der Waals surface area contributed by atoms with E-state index in [1.54, 1.807) is 39.8 Å². The SMILES string of the molecule is CC[C@H](C)[C@H](NC(=O)OCc1ccccc1)C(=O)N([C@@H](CCC(=O)O)C(=O)N[C@@H](C)C(=O)N[C@H](C=O)CC(C)C)C(C)(C)C. The molecule has 1 aromatic carbocycles. The third kappa shape index (κ3) is 12.7. The molecule has 0 bridgehead atoms. The van der Waals surface area contributed by atoms with Gasteiger partial charge in [0.05, 0.1) is 6.04 Å². The van der Waals surface area contributed by atoms with Crippen LogP contribution in [-0.2, 0) is 35.3 Å². The predicted octanol–water partition coefficient (Wildman–Crippen LogP) is 3.42. The first kappa shape index (κ1) is 38.1. The molecule has 1 aromatic rings. The molecule has 4 N–H and O–H groups in total. The second-order valence-corrected chi connectivity index (χ2v) is 12.5. The first-order valence-corrected chi connectivity index (χ1v) is 15.1. The summed E-state index contributed by atoms with van der Waals surface area (Å²) in [5.41, 5.74) is -0.234. The zero-order chi connectivity index (χ0) is 33.6. The van der Waals surface area contributed by atoms with Crippen molar-refractivity contribution in [2.45, 2.75) is 117 Å². The fourth-order valence-corrected chi connectivity index (χ4v) is 4.65. The lowest BCUT2D eigenvalue weighted by molar-refractivity contribution is -0.151. The number of nitrogens with one attached hydrogen (secondary N) is 3. The Morgan fingerprint density at radius 2 is 1.57 bits per heavy atom. The Bertz CT molecular complexity index is 1120. The molecule has 0 saturated heterocycles. The number of ether oxygens (including phenoxy) is 1. The standard InChI is InChI=1S/C32H50N4O8/c1-9-21(4)27(35-31(43)44-19-23-13-11-10-12-14-23)30(42)36(32(6,7)8)25(15-16-26(38)39)29(41)33-22(5)28(40)34-24(18-37)17-20(2)3/h10-14,18,20-22,24-25,27H,9,15-17,19H2,1-8H3,(H,33,41)(H,34,40)(H,35,43)(H,38,39)/t21-,22-,24-,25-,27-/m0/s1. The quantitative estimate of drug-likeness (QED) is 0.192. The molecule has 246 valence electrons. The van der Waals surface area contributed by atoms with E-state index < -0.39 is 65.9 Å². The van der Waals surface area contributed by atoms with Crippen LogP contribution in [-0.4, -0.2) is 75.8 Å². The molecule has 0 aliphatic carbocycles. The summed E-state index contributed by atoms with van der Waals surface area (Å²) in [4.78, 5) is 77.8. The molecule has 0 radical (unpaired) electrons. The Morgan fingerprint density at radius 1 is 0.955 bits per heavy atom. The van der Waals surface area contributed by atoms with Crippen molar-refractivity contribution in [2.24, 2.45) is 11.8 Å². The Balaban J connectivity index is 3.29. The molecule has 0 aliphatic heterocycles. The second-order valence-electron chi connectivity index (χ2n) is 12.5. The number of aliphatic carboxylic acids is 1. The fourth-order valence-electron chi connectivity index (χ4n) is 4.65. The first-order valence-electron chi connectivity index (χ1n) is 15.1. The van der Waals surface area contributed by atoms with E-state index in [0.29, 0.717) is 19.1 Å². The van der Waals surface area contributed by atoms with Gasteiger partial charge in [0.25, 0.3) is 0 Å². The first-order chi connectivity index (χ1) is 20.5. The third-order valence-electron chi connectivity index (χ3n) is 7.14. The Kier molecular flexibility index (Phi) is 15.6. The van der Waals surface area contributed by atoms with Crippen molar-refractivity contribution in [1.29, 1.82) is 0 Å². The van der Waals surface area contributed by atoms with Crippen LogP contribution in [0.5, 0.6) is 0 Å². The van der Waals surface area contributed by atoms with Crippen molar-refractivity contribution in [2.75, 3.05) is 0 Å². The van der Waals surface area contributed by atoms with Gasteiger partial charge in [-0.25, -0.2) is 4.79 Å². The van der Waals surface area contributed by atoms with Crippen molar-refractivity contribution < 1.29 is 38.6 Å². The van der Waals surface area contributed by atoms with Crippen LogP contribution in [0.4, 0.5) is 4.79 Å². The van der Waals surface area contributed by atoms with Crippen molar-refractivity contribution in [3.05, 3.63) is 35.9 Å². The lowest BCUT2D eigenvalue weighted by atomic mass is 9.92. The van der Waals surface area contributed by atoms with Crippen LogP contribution in [0.25, 0.3) is 0 Å². The van der Waals surface area contributed by atoms with Gasteiger partial charge in [0.2, 0.25) is 17.7 Å². The highest BCUT2D eigenvalue weighted by atomic mass is 16.5. The Hall–Kier alpha value is -3.96. The normalized spacial score (nSPS) is 14.8. The van der Waals surface area contributed by atoms with Gasteiger partial charge >= 0.3 is 12.1 Å². The minimum absolute atomic E-state index is 0.0111. The molecule has 0 aliphatic rings. The number of carboxylic acids is 1. The fraction of sp³-hybridized carbons (Fsp3) is 0.625.